The highest BCUT2D eigenvalue weighted by molar-refractivity contribution is 5.77. The lowest BCUT2D eigenvalue weighted by Crippen LogP contribution is -2.36. The fourth-order valence-corrected chi connectivity index (χ4v) is 1.67. The zero-order valence-electron chi connectivity index (χ0n) is 11.3. The maximum absolute atomic E-state index is 12.9. The van der Waals surface area contributed by atoms with Crippen molar-refractivity contribution in [1.82, 2.24) is 10.2 Å². The fraction of sp³-hybridized carbons (Fsp3) is 0.500. The number of rotatable bonds is 6. The van der Waals surface area contributed by atoms with E-state index in [9.17, 15) is 9.18 Å². The Morgan fingerprint density at radius 1 is 1.44 bits per heavy atom. The molecule has 1 aromatic carbocycles. The second-order valence-electron chi connectivity index (χ2n) is 4.41. The minimum Gasteiger partial charge on any atom is -0.345 e. The molecule has 0 radical (unpaired) electrons. The molecule has 0 aliphatic heterocycles. The van der Waals surface area contributed by atoms with Gasteiger partial charge < -0.3 is 10.2 Å². The fourth-order valence-electron chi connectivity index (χ4n) is 1.67. The summed E-state index contributed by atoms with van der Waals surface area (Å²) < 4.78 is 12.9. The lowest BCUT2D eigenvalue weighted by Gasteiger charge is -2.14. The van der Waals surface area contributed by atoms with E-state index >= 15 is 0 Å². The first-order chi connectivity index (χ1) is 8.54. The highest BCUT2D eigenvalue weighted by Gasteiger charge is 2.05. The minimum atomic E-state index is -0.205. The van der Waals surface area contributed by atoms with Crippen LogP contribution in [-0.2, 0) is 11.2 Å². The van der Waals surface area contributed by atoms with Gasteiger partial charge in [0.2, 0.25) is 5.91 Å². The molecule has 18 heavy (non-hydrogen) atoms. The summed E-state index contributed by atoms with van der Waals surface area (Å²) in [6.07, 6.45) is 0.801. The topological polar surface area (TPSA) is 32.3 Å². The molecule has 0 saturated carbocycles. The molecule has 3 nitrogen and oxygen atoms in total. The van der Waals surface area contributed by atoms with Gasteiger partial charge in [0.1, 0.15) is 5.82 Å². The zero-order chi connectivity index (χ0) is 13.5. The number of amides is 1. The Kier molecular flexibility index (Phi) is 5.78. The highest BCUT2D eigenvalue weighted by atomic mass is 19.1. The summed E-state index contributed by atoms with van der Waals surface area (Å²) >= 11 is 0. The van der Waals surface area contributed by atoms with Crippen LogP contribution in [0.5, 0.6) is 0 Å². The predicted octanol–water partition coefficient (Wildman–Crippen LogP) is 1.74. The van der Waals surface area contributed by atoms with Crippen molar-refractivity contribution in [3.8, 4) is 0 Å². The second-order valence-corrected chi connectivity index (χ2v) is 4.41. The van der Waals surface area contributed by atoms with Crippen LogP contribution in [0.3, 0.4) is 0 Å². The van der Waals surface area contributed by atoms with E-state index in [1.165, 1.54) is 12.1 Å². The van der Waals surface area contributed by atoms with Crippen molar-refractivity contribution in [2.75, 3.05) is 26.7 Å². The van der Waals surface area contributed by atoms with Crippen LogP contribution in [0.4, 0.5) is 4.39 Å². The number of aryl methyl sites for hydroxylation is 1. The van der Waals surface area contributed by atoms with Gasteiger partial charge in [0.25, 0.3) is 0 Å². The largest absolute Gasteiger partial charge is 0.345 e. The summed E-state index contributed by atoms with van der Waals surface area (Å²) in [4.78, 5) is 13.2. The van der Waals surface area contributed by atoms with Crippen LogP contribution in [0.1, 0.15) is 18.1 Å². The second kappa shape index (κ2) is 7.11. The van der Waals surface area contributed by atoms with Crippen LogP contribution in [0.25, 0.3) is 0 Å². The number of hydrogen-bond acceptors (Lipinski definition) is 2. The number of halogens is 1. The molecule has 4 heteroatoms. The summed E-state index contributed by atoms with van der Waals surface area (Å²) in [5, 5.41) is 3.11. The molecular weight excluding hydrogens is 231 g/mol. The van der Waals surface area contributed by atoms with Gasteiger partial charge in [-0.05, 0) is 50.1 Å². The molecule has 0 aliphatic rings. The molecule has 1 aromatic rings. The van der Waals surface area contributed by atoms with Crippen LogP contribution >= 0.6 is 0 Å². The predicted molar refractivity (Wildman–Crippen MR) is 71.0 cm³/mol. The zero-order valence-corrected chi connectivity index (χ0v) is 11.3. The minimum absolute atomic E-state index is 0.0910. The maximum atomic E-state index is 12.9. The van der Waals surface area contributed by atoms with Crippen molar-refractivity contribution in [2.24, 2.45) is 0 Å². The third-order valence-corrected chi connectivity index (χ3v) is 3.05. The normalized spacial score (nSPS) is 10.4. The molecule has 0 heterocycles. The Morgan fingerprint density at radius 3 is 2.78 bits per heavy atom. The number of likely N-dealkylation sites (N-methyl/N-ethyl adjacent to an activating group) is 1. The van der Waals surface area contributed by atoms with E-state index in [0.717, 1.165) is 30.6 Å². The SMILES string of the molecule is CCN(C)C(=O)CNCCc1ccc(F)cc1C. The van der Waals surface area contributed by atoms with Crippen molar-refractivity contribution in [1.29, 1.82) is 0 Å². The van der Waals surface area contributed by atoms with Crippen molar-refractivity contribution in [3.63, 3.8) is 0 Å². The highest BCUT2D eigenvalue weighted by Crippen LogP contribution is 2.10. The maximum Gasteiger partial charge on any atom is 0.236 e. The molecule has 1 N–H and O–H groups in total. The lowest BCUT2D eigenvalue weighted by atomic mass is 10.1. The van der Waals surface area contributed by atoms with Crippen molar-refractivity contribution in [3.05, 3.63) is 35.1 Å². The number of benzene rings is 1. The van der Waals surface area contributed by atoms with E-state index < -0.39 is 0 Å². The number of carbonyl (C=O) groups is 1. The quantitative estimate of drug-likeness (QED) is 0.782. The lowest BCUT2D eigenvalue weighted by molar-refractivity contribution is -0.128. The first-order valence-electron chi connectivity index (χ1n) is 6.24. The van der Waals surface area contributed by atoms with Crippen molar-refractivity contribution in [2.45, 2.75) is 20.3 Å². The average molecular weight is 252 g/mol. The molecule has 0 aromatic heterocycles. The van der Waals surface area contributed by atoms with Gasteiger partial charge in [0, 0.05) is 13.6 Å². The Morgan fingerprint density at radius 2 is 2.17 bits per heavy atom. The summed E-state index contributed by atoms with van der Waals surface area (Å²) in [6.45, 7) is 5.63. The van der Waals surface area contributed by atoms with Gasteiger partial charge in [-0.1, -0.05) is 6.07 Å². The Hall–Kier alpha value is -1.42. The van der Waals surface area contributed by atoms with E-state index in [1.807, 2.05) is 13.8 Å². The molecule has 100 valence electrons. The standard InChI is InChI=1S/C14H21FN2O/c1-4-17(3)14(18)10-16-8-7-12-5-6-13(15)9-11(12)2/h5-6,9,16H,4,7-8,10H2,1-3H3. The first kappa shape index (κ1) is 14.6. The first-order valence-corrected chi connectivity index (χ1v) is 6.24. The van der Waals surface area contributed by atoms with Crippen LogP contribution in [-0.4, -0.2) is 37.5 Å². The van der Waals surface area contributed by atoms with E-state index in [4.69, 9.17) is 0 Å². The van der Waals surface area contributed by atoms with E-state index in [1.54, 1.807) is 18.0 Å². The van der Waals surface area contributed by atoms with Crippen molar-refractivity contribution >= 4 is 5.91 Å². The molecular formula is C14H21FN2O. The van der Waals surface area contributed by atoms with Crippen molar-refractivity contribution < 1.29 is 9.18 Å². The Bertz CT molecular complexity index is 407. The van der Waals surface area contributed by atoms with E-state index in [-0.39, 0.29) is 11.7 Å². The average Bonchev–Trinajstić information content (AvgIpc) is 2.35. The van der Waals surface area contributed by atoms with Gasteiger partial charge in [-0.25, -0.2) is 4.39 Å². The molecule has 0 fully saturated rings. The van der Waals surface area contributed by atoms with Gasteiger partial charge in [0.15, 0.2) is 0 Å². The van der Waals surface area contributed by atoms with Crippen LogP contribution < -0.4 is 5.32 Å². The molecule has 0 aliphatic carbocycles. The van der Waals surface area contributed by atoms with Crippen LogP contribution in [0.15, 0.2) is 18.2 Å². The number of hydrogen-bond donors (Lipinski definition) is 1. The Labute approximate surface area is 108 Å². The summed E-state index contributed by atoms with van der Waals surface area (Å²) in [7, 11) is 1.79. The summed E-state index contributed by atoms with van der Waals surface area (Å²) in [5.41, 5.74) is 2.06. The Balaban J connectivity index is 2.32. The molecule has 0 saturated heterocycles. The van der Waals surface area contributed by atoms with Crippen LogP contribution in [0, 0.1) is 12.7 Å². The molecule has 0 unspecified atom stereocenters. The number of nitrogens with zero attached hydrogens (tertiary/aromatic N) is 1. The van der Waals surface area contributed by atoms with Gasteiger partial charge in [-0.3, -0.25) is 4.79 Å². The third kappa shape index (κ3) is 4.45. The van der Waals surface area contributed by atoms with Gasteiger partial charge in [-0.2, -0.15) is 0 Å². The van der Waals surface area contributed by atoms with E-state index in [0.29, 0.717) is 6.54 Å². The molecule has 0 spiro atoms. The molecule has 1 amide bonds. The molecule has 1 rings (SSSR count). The van der Waals surface area contributed by atoms with Gasteiger partial charge in [-0.15, -0.1) is 0 Å². The van der Waals surface area contributed by atoms with Gasteiger partial charge >= 0.3 is 0 Å². The van der Waals surface area contributed by atoms with Crippen LogP contribution in [0.2, 0.25) is 0 Å². The third-order valence-electron chi connectivity index (χ3n) is 3.05. The molecule has 0 atom stereocenters. The number of carbonyl (C=O) groups excluding carboxylic acids is 1. The summed E-state index contributed by atoms with van der Waals surface area (Å²) in [6, 6.07) is 4.80. The monoisotopic (exact) mass is 252 g/mol. The summed E-state index contributed by atoms with van der Waals surface area (Å²) in [5.74, 6) is -0.114. The number of nitrogens with one attached hydrogen (secondary N) is 1. The smallest absolute Gasteiger partial charge is 0.236 e. The van der Waals surface area contributed by atoms with E-state index in [2.05, 4.69) is 5.32 Å². The van der Waals surface area contributed by atoms with Gasteiger partial charge in [0.05, 0.1) is 6.54 Å². The molecule has 0 bridgehead atoms.